The van der Waals surface area contributed by atoms with Crippen LogP contribution in [0.2, 0.25) is 0 Å². The zero-order chi connectivity index (χ0) is 12.6. The van der Waals surface area contributed by atoms with Crippen molar-refractivity contribution >= 4 is 11.8 Å². The third-order valence-electron chi connectivity index (χ3n) is 3.78. The maximum Gasteiger partial charge on any atom is 0.0610 e. The molecule has 102 valence electrons. The molecule has 1 saturated carbocycles. The van der Waals surface area contributed by atoms with Crippen molar-refractivity contribution in [3.63, 3.8) is 0 Å². The van der Waals surface area contributed by atoms with Crippen molar-refractivity contribution in [1.82, 2.24) is 5.32 Å². The van der Waals surface area contributed by atoms with Crippen LogP contribution in [-0.2, 0) is 0 Å². The predicted octanol–water partition coefficient (Wildman–Crippen LogP) is 3.05. The molecule has 0 heterocycles. The first-order chi connectivity index (χ1) is 8.20. The Morgan fingerprint density at radius 2 is 2.06 bits per heavy atom. The minimum absolute atomic E-state index is 0.0707. The molecule has 0 aromatic heterocycles. The zero-order valence-corrected chi connectivity index (χ0v) is 12.3. The summed E-state index contributed by atoms with van der Waals surface area (Å²) < 4.78 is 0. The summed E-state index contributed by atoms with van der Waals surface area (Å²) in [5, 5.41) is 12.9. The lowest BCUT2D eigenvalue weighted by Gasteiger charge is -2.28. The minimum atomic E-state index is -0.0707. The lowest BCUT2D eigenvalue weighted by Crippen LogP contribution is -2.46. The van der Waals surface area contributed by atoms with Crippen molar-refractivity contribution in [2.75, 3.05) is 24.7 Å². The minimum Gasteiger partial charge on any atom is -0.394 e. The fourth-order valence-corrected chi connectivity index (χ4v) is 3.80. The highest BCUT2D eigenvalue weighted by molar-refractivity contribution is 7.99. The van der Waals surface area contributed by atoms with Gasteiger partial charge in [-0.2, -0.15) is 11.8 Å². The summed E-state index contributed by atoms with van der Waals surface area (Å²) in [6, 6.07) is 0. The van der Waals surface area contributed by atoms with Gasteiger partial charge < -0.3 is 10.4 Å². The first-order valence-electron chi connectivity index (χ1n) is 7.14. The van der Waals surface area contributed by atoms with Crippen LogP contribution in [0.3, 0.4) is 0 Å². The van der Waals surface area contributed by atoms with Gasteiger partial charge in [0.15, 0.2) is 0 Å². The molecule has 1 rings (SSSR count). The SMILES string of the molecule is CCCNC(C)(CO)CCSCC1CCCC1. The molecule has 2 nitrogen and oxygen atoms in total. The number of hydrogen-bond donors (Lipinski definition) is 2. The van der Waals surface area contributed by atoms with E-state index >= 15 is 0 Å². The van der Waals surface area contributed by atoms with Crippen LogP contribution in [0.5, 0.6) is 0 Å². The van der Waals surface area contributed by atoms with E-state index in [0.29, 0.717) is 0 Å². The Labute approximate surface area is 111 Å². The van der Waals surface area contributed by atoms with Crippen molar-refractivity contribution in [3.05, 3.63) is 0 Å². The van der Waals surface area contributed by atoms with Crippen LogP contribution in [0.4, 0.5) is 0 Å². The molecular weight excluding hydrogens is 230 g/mol. The van der Waals surface area contributed by atoms with E-state index in [1.165, 1.54) is 37.2 Å². The lowest BCUT2D eigenvalue weighted by atomic mass is 10.0. The molecule has 1 aliphatic carbocycles. The van der Waals surface area contributed by atoms with Crippen LogP contribution < -0.4 is 5.32 Å². The molecule has 1 aliphatic rings. The van der Waals surface area contributed by atoms with Gasteiger partial charge in [-0.1, -0.05) is 19.8 Å². The van der Waals surface area contributed by atoms with E-state index in [2.05, 4.69) is 30.9 Å². The second-order valence-electron chi connectivity index (χ2n) is 5.62. The van der Waals surface area contributed by atoms with Crippen molar-refractivity contribution in [3.8, 4) is 0 Å². The predicted molar refractivity (Wildman–Crippen MR) is 77.7 cm³/mol. The highest BCUT2D eigenvalue weighted by atomic mass is 32.2. The number of aliphatic hydroxyl groups is 1. The van der Waals surface area contributed by atoms with E-state index in [1.807, 2.05) is 0 Å². The Kier molecular flexibility index (Phi) is 7.56. The van der Waals surface area contributed by atoms with Gasteiger partial charge in [-0.25, -0.2) is 0 Å². The average Bonchev–Trinajstić information content (AvgIpc) is 2.85. The largest absolute Gasteiger partial charge is 0.394 e. The van der Waals surface area contributed by atoms with Gasteiger partial charge in [0.05, 0.1) is 6.61 Å². The maximum atomic E-state index is 9.45. The highest BCUT2D eigenvalue weighted by Gasteiger charge is 2.22. The molecule has 1 unspecified atom stereocenters. The van der Waals surface area contributed by atoms with E-state index in [1.54, 1.807) is 0 Å². The molecule has 17 heavy (non-hydrogen) atoms. The molecule has 0 amide bonds. The van der Waals surface area contributed by atoms with Gasteiger partial charge in [0.2, 0.25) is 0 Å². The van der Waals surface area contributed by atoms with E-state index in [0.717, 1.165) is 25.3 Å². The van der Waals surface area contributed by atoms with E-state index in [4.69, 9.17) is 0 Å². The second kappa shape index (κ2) is 8.39. The fraction of sp³-hybridized carbons (Fsp3) is 1.00. The molecule has 0 aromatic rings. The quantitative estimate of drug-likeness (QED) is 0.624. The van der Waals surface area contributed by atoms with Crippen LogP contribution >= 0.6 is 11.8 Å². The van der Waals surface area contributed by atoms with Crippen molar-refractivity contribution < 1.29 is 5.11 Å². The smallest absolute Gasteiger partial charge is 0.0610 e. The summed E-state index contributed by atoms with van der Waals surface area (Å²) in [4.78, 5) is 0. The van der Waals surface area contributed by atoms with E-state index in [-0.39, 0.29) is 12.1 Å². The highest BCUT2D eigenvalue weighted by Crippen LogP contribution is 2.28. The van der Waals surface area contributed by atoms with E-state index < -0.39 is 0 Å². The fourth-order valence-electron chi connectivity index (χ4n) is 2.37. The van der Waals surface area contributed by atoms with Gasteiger partial charge in [-0.05, 0) is 56.6 Å². The maximum absolute atomic E-state index is 9.45. The zero-order valence-electron chi connectivity index (χ0n) is 11.5. The molecule has 0 saturated heterocycles. The Morgan fingerprint density at radius 3 is 2.65 bits per heavy atom. The summed E-state index contributed by atoms with van der Waals surface area (Å²) in [5.41, 5.74) is -0.0707. The first kappa shape index (κ1) is 15.3. The van der Waals surface area contributed by atoms with Crippen LogP contribution in [0, 0.1) is 5.92 Å². The van der Waals surface area contributed by atoms with E-state index in [9.17, 15) is 5.11 Å². The Balaban J connectivity index is 2.09. The molecule has 2 N–H and O–H groups in total. The van der Waals surface area contributed by atoms with Crippen molar-refractivity contribution in [1.29, 1.82) is 0 Å². The summed E-state index contributed by atoms with van der Waals surface area (Å²) in [6.07, 6.45) is 7.97. The summed E-state index contributed by atoms with van der Waals surface area (Å²) in [5.74, 6) is 3.48. The Hall–Kier alpha value is 0.270. The molecule has 0 radical (unpaired) electrons. The summed E-state index contributed by atoms with van der Waals surface area (Å²) in [7, 11) is 0. The van der Waals surface area contributed by atoms with Crippen LogP contribution in [0.1, 0.15) is 52.4 Å². The molecule has 0 aromatic carbocycles. The number of nitrogens with one attached hydrogen (secondary N) is 1. The third kappa shape index (κ3) is 6.12. The second-order valence-corrected chi connectivity index (χ2v) is 6.77. The van der Waals surface area contributed by atoms with Crippen LogP contribution in [-0.4, -0.2) is 35.3 Å². The van der Waals surface area contributed by atoms with Crippen LogP contribution in [0.25, 0.3) is 0 Å². The monoisotopic (exact) mass is 259 g/mol. The van der Waals surface area contributed by atoms with Gasteiger partial charge in [0.1, 0.15) is 0 Å². The summed E-state index contributed by atoms with van der Waals surface area (Å²) >= 11 is 2.08. The number of aliphatic hydroxyl groups excluding tert-OH is 1. The molecule has 0 bridgehead atoms. The average molecular weight is 259 g/mol. The Morgan fingerprint density at radius 1 is 1.35 bits per heavy atom. The molecular formula is C14H29NOS. The normalized spacial score (nSPS) is 20.6. The molecule has 1 atom stereocenters. The van der Waals surface area contributed by atoms with Gasteiger partial charge in [-0.3, -0.25) is 0 Å². The van der Waals surface area contributed by atoms with Crippen LogP contribution in [0.15, 0.2) is 0 Å². The van der Waals surface area contributed by atoms with Gasteiger partial charge in [0.25, 0.3) is 0 Å². The standard InChI is InChI=1S/C14H29NOS/c1-3-9-15-14(2,12-16)8-10-17-11-13-6-4-5-7-13/h13,15-16H,3-12H2,1-2H3. The van der Waals surface area contributed by atoms with Crippen molar-refractivity contribution in [2.24, 2.45) is 5.92 Å². The lowest BCUT2D eigenvalue weighted by molar-refractivity contribution is 0.171. The van der Waals surface area contributed by atoms with Gasteiger partial charge in [0, 0.05) is 5.54 Å². The molecule has 0 spiro atoms. The number of rotatable bonds is 9. The van der Waals surface area contributed by atoms with Gasteiger partial charge in [-0.15, -0.1) is 0 Å². The third-order valence-corrected chi connectivity index (χ3v) is 4.98. The summed E-state index contributed by atoms with van der Waals surface area (Å²) in [6.45, 7) is 5.56. The van der Waals surface area contributed by atoms with Crippen molar-refractivity contribution in [2.45, 2.75) is 57.9 Å². The topological polar surface area (TPSA) is 32.3 Å². The Bertz CT molecular complexity index is 195. The number of hydrogen-bond acceptors (Lipinski definition) is 3. The molecule has 1 fully saturated rings. The first-order valence-corrected chi connectivity index (χ1v) is 8.29. The number of thioether (sulfide) groups is 1. The van der Waals surface area contributed by atoms with Gasteiger partial charge >= 0.3 is 0 Å². The molecule has 3 heteroatoms. The molecule has 0 aliphatic heterocycles.